The molecule has 29 heavy (non-hydrogen) atoms. The van der Waals surface area contributed by atoms with Crippen LogP contribution in [0.15, 0.2) is 54.0 Å². The van der Waals surface area contributed by atoms with E-state index in [0.29, 0.717) is 11.5 Å². The highest BCUT2D eigenvalue weighted by molar-refractivity contribution is 7.14. The Morgan fingerprint density at radius 1 is 1.07 bits per heavy atom. The summed E-state index contributed by atoms with van der Waals surface area (Å²) in [7, 11) is 0. The van der Waals surface area contributed by atoms with Crippen molar-refractivity contribution in [1.29, 1.82) is 0 Å². The quantitative estimate of drug-likeness (QED) is 0.642. The Bertz CT molecular complexity index is 1000. The van der Waals surface area contributed by atoms with Gasteiger partial charge in [-0.15, -0.1) is 11.3 Å². The summed E-state index contributed by atoms with van der Waals surface area (Å²) in [5.74, 6) is -0.896. The zero-order valence-electron chi connectivity index (χ0n) is 16.1. The summed E-state index contributed by atoms with van der Waals surface area (Å²) in [6.45, 7) is 2.25. The number of thiazole rings is 1. The number of carbonyl (C=O) groups excluding carboxylic acids is 2. The lowest BCUT2D eigenvalue weighted by molar-refractivity contribution is -0.121. The van der Waals surface area contributed by atoms with Crippen molar-refractivity contribution < 1.29 is 14.3 Å². The van der Waals surface area contributed by atoms with Crippen LogP contribution in [0.25, 0.3) is 0 Å². The largest absolute Gasteiger partial charge is 0.451 e. The third-order valence-corrected chi connectivity index (χ3v) is 5.59. The van der Waals surface area contributed by atoms with Crippen LogP contribution in [0.3, 0.4) is 0 Å². The molecule has 2 aromatic carbocycles. The van der Waals surface area contributed by atoms with Gasteiger partial charge in [0, 0.05) is 6.54 Å². The van der Waals surface area contributed by atoms with Gasteiger partial charge in [0.05, 0.1) is 16.9 Å². The second-order valence-electron chi connectivity index (χ2n) is 6.62. The van der Waals surface area contributed by atoms with Crippen molar-refractivity contribution in [1.82, 2.24) is 4.98 Å². The van der Waals surface area contributed by atoms with Gasteiger partial charge in [-0.2, -0.15) is 0 Å². The topological polar surface area (TPSA) is 71.5 Å². The third kappa shape index (κ3) is 3.86. The van der Waals surface area contributed by atoms with Crippen molar-refractivity contribution in [2.75, 3.05) is 23.4 Å². The van der Waals surface area contributed by atoms with Crippen molar-refractivity contribution in [3.05, 3.63) is 70.9 Å². The molecule has 0 aliphatic carbocycles. The fourth-order valence-electron chi connectivity index (χ4n) is 3.49. The van der Waals surface area contributed by atoms with Crippen LogP contribution in [-0.4, -0.2) is 30.0 Å². The number of aryl methyl sites for hydroxylation is 2. The minimum Gasteiger partial charge on any atom is -0.451 e. The Labute approximate surface area is 173 Å². The molecule has 4 rings (SSSR count). The van der Waals surface area contributed by atoms with Gasteiger partial charge >= 0.3 is 5.97 Å². The average Bonchev–Trinajstić information content (AvgIpc) is 3.13. The number of para-hydroxylation sites is 2. The van der Waals surface area contributed by atoms with Crippen LogP contribution in [0.5, 0.6) is 0 Å². The summed E-state index contributed by atoms with van der Waals surface area (Å²) in [6.07, 6.45) is 1.70. The van der Waals surface area contributed by atoms with E-state index < -0.39 is 5.97 Å². The SMILES string of the molecule is CCNc1scnc1C(=O)OCC(=O)N1c2ccccc2CCc2ccccc21. The number of aromatic nitrogens is 1. The summed E-state index contributed by atoms with van der Waals surface area (Å²) in [6, 6.07) is 15.7. The fraction of sp³-hybridized carbons (Fsp3) is 0.227. The van der Waals surface area contributed by atoms with Crippen molar-refractivity contribution >= 4 is 39.6 Å². The molecule has 1 N–H and O–H groups in total. The maximum atomic E-state index is 13.2. The highest BCUT2D eigenvalue weighted by Gasteiger charge is 2.27. The fourth-order valence-corrected chi connectivity index (χ4v) is 4.23. The van der Waals surface area contributed by atoms with Crippen molar-refractivity contribution in [3.8, 4) is 0 Å². The second kappa shape index (κ2) is 8.45. The molecule has 0 saturated heterocycles. The molecule has 1 aromatic heterocycles. The van der Waals surface area contributed by atoms with Crippen molar-refractivity contribution in [2.45, 2.75) is 19.8 Å². The molecular formula is C22H21N3O3S. The number of esters is 1. The Balaban J connectivity index is 1.58. The number of amides is 1. The predicted octanol–water partition coefficient (Wildman–Crippen LogP) is 4.20. The highest BCUT2D eigenvalue weighted by Crippen LogP contribution is 2.36. The number of anilines is 3. The number of hydrogen-bond acceptors (Lipinski definition) is 6. The Kier molecular flexibility index (Phi) is 5.57. The Morgan fingerprint density at radius 2 is 1.69 bits per heavy atom. The molecular weight excluding hydrogens is 386 g/mol. The summed E-state index contributed by atoms with van der Waals surface area (Å²) in [5, 5.41) is 3.73. The minimum atomic E-state index is -0.605. The van der Waals surface area contributed by atoms with E-state index in [1.165, 1.54) is 11.3 Å². The number of carbonyl (C=O) groups is 2. The highest BCUT2D eigenvalue weighted by atomic mass is 32.1. The number of fused-ring (bicyclic) bond motifs is 2. The molecule has 0 fully saturated rings. The third-order valence-electron chi connectivity index (χ3n) is 4.80. The zero-order valence-corrected chi connectivity index (χ0v) is 16.9. The number of nitrogens with one attached hydrogen (secondary N) is 1. The van der Waals surface area contributed by atoms with E-state index >= 15 is 0 Å². The summed E-state index contributed by atoms with van der Waals surface area (Å²) >= 11 is 1.33. The number of rotatable bonds is 5. The first-order valence-corrected chi connectivity index (χ1v) is 10.4. The lowest BCUT2D eigenvalue weighted by Crippen LogP contribution is -2.31. The first-order valence-electron chi connectivity index (χ1n) is 9.52. The van der Waals surface area contributed by atoms with Crippen LogP contribution in [-0.2, 0) is 22.4 Å². The van der Waals surface area contributed by atoms with Crippen LogP contribution in [0, 0.1) is 0 Å². The first kappa shape index (κ1) is 19.1. The van der Waals surface area contributed by atoms with Crippen LogP contribution in [0.2, 0.25) is 0 Å². The molecule has 1 aliphatic rings. The van der Waals surface area contributed by atoms with E-state index in [0.717, 1.165) is 35.3 Å². The van der Waals surface area contributed by atoms with E-state index in [9.17, 15) is 9.59 Å². The minimum absolute atomic E-state index is 0.210. The number of hydrogen-bond donors (Lipinski definition) is 1. The average molecular weight is 407 g/mol. The second-order valence-corrected chi connectivity index (χ2v) is 7.48. The molecule has 6 nitrogen and oxygen atoms in total. The monoisotopic (exact) mass is 407 g/mol. The molecule has 0 spiro atoms. The van der Waals surface area contributed by atoms with E-state index in [2.05, 4.69) is 10.3 Å². The predicted molar refractivity (Wildman–Crippen MR) is 114 cm³/mol. The molecule has 148 valence electrons. The van der Waals surface area contributed by atoms with Gasteiger partial charge in [0.25, 0.3) is 5.91 Å². The molecule has 3 aromatic rings. The summed E-state index contributed by atoms with van der Waals surface area (Å²) in [5.41, 5.74) is 5.65. The van der Waals surface area contributed by atoms with E-state index in [1.807, 2.05) is 55.5 Å². The number of benzene rings is 2. The molecule has 0 saturated carbocycles. The molecule has 2 heterocycles. The maximum absolute atomic E-state index is 13.2. The normalized spacial score (nSPS) is 12.5. The summed E-state index contributed by atoms with van der Waals surface area (Å²) in [4.78, 5) is 31.4. The standard InChI is InChI=1S/C22H21N3O3S/c1-2-23-21-20(24-14-29-21)22(27)28-13-19(26)25-17-9-5-3-7-15(17)11-12-16-8-4-6-10-18(16)25/h3-10,14,23H,2,11-13H2,1H3. The lowest BCUT2D eigenvalue weighted by Gasteiger charge is -2.24. The van der Waals surface area contributed by atoms with Crippen LogP contribution in [0.1, 0.15) is 28.5 Å². The van der Waals surface area contributed by atoms with Gasteiger partial charge in [0.1, 0.15) is 5.00 Å². The van der Waals surface area contributed by atoms with E-state index in [-0.39, 0.29) is 18.2 Å². The van der Waals surface area contributed by atoms with Gasteiger partial charge in [-0.25, -0.2) is 9.78 Å². The number of nitrogens with zero attached hydrogens (tertiary/aromatic N) is 2. The van der Waals surface area contributed by atoms with Gasteiger partial charge in [-0.05, 0) is 43.0 Å². The lowest BCUT2D eigenvalue weighted by atomic mass is 10.0. The van der Waals surface area contributed by atoms with Gasteiger partial charge < -0.3 is 10.1 Å². The molecule has 1 amide bonds. The summed E-state index contributed by atoms with van der Waals surface area (Å²) < 4.78 is 5.33. The Hall–Kier alpha value is -3.19. The van der Waals surface area contributed by atoms with E-state index in [1.54, 1.807) is 10.4 Å². The molecule has 0 unspecified atom stereocenters. The van der Waals surface area contributed by atoms with Gasteiger partial charge in [-0.3, -0.25) is 9.69 Å². The van der Waals surface area contributed by atoms with Crippen LogP contribution < -0.4 is 10.2 Å². The van der Waals surface area contributed by atoms with Gasteiger partial charge in [0.15, 0.2) is 12.3 Å². The van der Waals surface area contributed by atoms with E-state index in [4.69, 9.17) is 4.74 Å². The molecule has 0 radical (unpaired) electrons. The van der Waals surface area contributed by atoms with Gasteiger partial charge in [-0.1, -0.05) is 36.4 Å². The Morgan fingerprint density at radius 3 is 2.31 bits per heavy atom. The zero-order chi connectivity index (χ0) is 20.2. The first-order chi connectivity index (χ1) is 14.2. The molecule has 7 heteroatoms. The molecule has 0 bridgehead atoms. The number of ether oxygens (including phenoxy) is 1. The smallest absolute Gasteiger partial charge is 0.360 e. The van der Waals surface area contributed by atoms with Crippen LogP contribution >= 0.6 is 11.3 Å². The van der Waals surface area contributed by atoms with Crippen LogP contribution in [0.4, 0.5) is 16.4 Å². The van der Waals surface area contributed by atoms with Gasteiger partial charge in [0.2, 0.25) is 0 Å². The van der Waals surface area contributed by atoms with Crippen molar-refractivity contribution in [3.63, 3.8) is 0 Å². The molecule has 0 atom stereocenters. The molecule has 1 aliphatic heterocycles. The maximum Gasteiger partial charge on any atom is 0.360 e. The van der Waals surface area contributed by atoms with Crippen molar-refractivity contribution in [2.24, 2.45) is 0 Å².